The number of carbonyl (C=O) groups excluding carboxylic acids is 1. The van der Waals surface area contributed by atoms with E-state index in [1.165, 1.54) is 11.3 Å². The highest BCUT2D eigenvalue weighted by Gasteiger charge is 2.28. The fourth-order valence-corrected chi connectivity index (χ4v) is 3.51. The van der Waals surface area contributed by atoms with Crippen LogP contribution in [0, 0.1) is 5.92 Å². The molecule has 4 N–H and O–H groups in total. The smallest absolute Gasteiger partial charge is 0.266 e. The quantitative estimate of drug-likeness (QED) is 0.865. The third-order valence-electron chi connectivity index (χ3n) is 3.58. The highest BCUT2D eigenvalue weighted by Crippen LogP contribution is 2.33. The van der Waals surface area contributed by atoms with E-state index in [9.17, 15) is 4.79 Å². The van der Waals surface area contributed by atoms with Crippen molar-refractivity contribution in [2.24, 2.45) is 11.7 Å². The van der Waals surface area contributed by atoms with Crippen LogP contribution in [-0.4, -0.2) is 35.4 Å². The first-order valence-electron chi connectivity index (χ1n) is 6.33. The number of carbonyl (C=O) groups is 1. The number of likely N-dealkylation sites (tertiary alicyclic amines) is 1. The van der Waals surface area contributed by atoms with E-state index in [4.69, 9.17) is 11.5 Å². The zero-order valence-corrected chi connectivity index (χ0v) is 11.3. The van der Waals surface area contributed by atoms with Crippen molar-refractivity contribution in [1.29, 1.82) is 0 Å². The highest BCUT2D eigenvalue weighted by atomic mass is 32.1. The van der Waals surface area contributed by atoms with Crippen molar-refractivity contribution in [1.82, 2.24) is 9.88 Å². The van der Waals surface area contributed by atoms with E-state index in [1.807, 2.05) is 17.0 Å². The molecule has 3 rings (SSSR count). The number of hydrogen-bond donors (Lipinski definition) is 2. The van der Waals surface area contributed by atoms with Crippen molar-refractivity contribution in [2.45, 2.75) is 6.42 Å². The fourth-order valence-electron chi connectivity index (χ4n) is 2.46. The van der Waals surface area contributed by atoms with Gasteiger partial charge in [-0.15, -0.1) is 11.3 Å². The van der Waals surface area contributed by atoms with Gasteiger partial charge in [0.1, 0.15) is 10.4 Å². The first kappa shape index (κ1) is 12.4. The van der Waals surface area contributed by atoms with Gasteiger partial charge in [0.15, 0.2) is 0 Å². The monoisotopic (exact) mass is 276 g/mol. The standard InChI is InChI=1S/C13H16N4OS/c14-6-8-3-5-17(7-8)13(18)12-10(15)11-9(19-12)2-1-4-16-11/h1-2,4,8H,3,5-7,14-15H2. The van der Waals surface area contributed by atoms with Crippen molar-refractivity contribution in [3.05, 3.63) is 23.2 Å². The van der Waals surface area contributed by atoms with Gasteiger partial charge >= 0.3 is 0 Å². The summed E-state index contributed by atoms with van der Waals surface area (Å²) in [5, 5.41) is 0. The molecule has 1 aliphatic heterocycles. The molecule has 6 heteroatoms. The Morgan fingerprint density at radius 1 is 1.58 bits per heavy atom. The maximum atomic E-state index is 12.5. The lowest BCUT2D eigenvalue weighted by Crippen LogP contribution is -2.29. The summed E-state index contributed by atoms with van der Waals surface area (Å²) in [4.78, 5) is 19.2. The van der Waals surface area contributed by atoms with Crippen LogP contribution in [-0.2, 0) is 0 Å². The molecule has 1 amide bonds. The molecule has 1 saturated heterocycles. The number of anilines is 1. The molecule has 1 atom stereocenters. The van der Waals surface area contributed by atoms with E-state index in [-0.39, 0.29) is 5.91 Å². The topological polar surface area (TPSA) is 85.2 Å². The number of rotatable bonds is 2. The molecule has 5 nitrogen and oxygen atoms in total. The molecule has 19 heavy (non-hydrogen) atoms. The predicted molar refractivity (Wildman–Crippen MR) is 77.1 cm³/mol. The van der Waals surface area contributed by atoms with Gasteiger partial charge in [-0.1, -0.05) is 0 Å². The number of amides is 1. The average molecular weight is 276 g/mol. The number of fused-ring (bicyclic) bond motifs is 1. The predicted octanol–water partition coefficient (Wildman–Crippen LogP) is 1.30. The molecule has 0 aromatic carbocycles. The van der Waals surface area contributed by atoms with Crippen LogP contribution in [0.25, 0.3) is 10.2 Å². The molecule has 0 aliphatic carbocycles. The van der Waals surface area contributed by atoms with Crippen molar-refractivity contribution < 1.29 is 4.79 Å². The Kier molecular flexibility index (Phi) is 3.12. The molecule has 0 saturated carbocycles. The van der Waals surface area contributed by atoms with E-state index in [1.54, 1.807) is 6.20 Å². The molecule has 0 spiro atoms. The van der Waals surface area contributed by atoms with E-state index in [2.05, 4.69) is 4.98 Å². The molecular formula is C13H16N4OS. The van der Waals surface area contributed by atoms with E-state index in [0.29, 0.717) is 23.0 Å². The number of nitrogens with two attached hydrogens (primary N) is 2. The first-order valence-corrected chi connectivity index (χ1v) is 7.14. The molecule has 1 fully saturated rings. The molecule has 2 aromatic heterocycles. The number of hydrogen-bond acceptors (Lipinski definition) is 5. The van der Waals surface area contributed by atoms with Gasteiger partial charge in [0, 0.05) is 19.3 Å². The SMILES string of the molecule is NCC1CCN(C(=O)c2sc3cccnc3c2N)C1. The Bertz CT molecular complexity index is 624. The van der Waals surface area contributed by atoms with Gasteiger partial charge < -0.3 is 16.4 Å². The number of nitrogens with zero attached hydrogens (tertiary/aromatic N) is 2. The Morgan fingerprint density at radius 2 is 2.42 bits per heavy atom. The fraction of sp³-hybridized carbons (Fsp3) is 0.385. The van der Waals surface area contributed by atoms with Crippen LogP contribution in [0.1, 0.15) is 16.1 Å². The molecule has 0 bridgehead atoms. The van der Waals surface area contributed by atoms with Crippen LogP contribution in [0.2, 0.25) is 0 Å². The Balaban J connectivity index is 1.92. The van der Waals surface area contributed by atoms with Crippen molar-refractivity contribution >= 4 is 33.1 Å². The van der Waals surface area contributed by atoms with Gasteiger partial charge in [-0.05, 0) is 31.0 Å². The van der Waals surface area contributed by atoms with Gasteiger partial charge in [0.25, 0.3) is 5.91 Å². The lowest BCUT2D eigenvalue weighted by Gasteiger charge is -2.15. The maximum absolute atomic E-state index is 12.5. The van der Waals surface area contributed by atoms with Gasteiger partial charge in [0.05, 0.1) is 10.4 Å². The van der Waals surface area contributed by atoms with Gasteiger partial charge in [0.2, 0.25) is 0 Å². The summed E-state index contributed by atoms with van der Waals surface area (Å²) in [7, 11) is 0. The number of aromatic nitrogens is 1. The van der Waals surface area contributed by atoms with Crippen LogP contribution < -0.4 is 11.5 Å². The third-order valence-corrected chi connectivity index (χ3v) is 4.73. The first-order chi connectivity index (χ1) is 9.20. The summed E-state index contributed by atoms with van der Waals surface area (Å²) in [6, 6.07) is 3.79. The lowest BCUT2D eigenvalue weighted by atomic mass is 10.1. The third kappa shape index (κ3) is 2.06. The Hall–Kier alpha value is -1.66. The zero-order chi connectivity index (χ0) is 13.4. The summed E-state index contributed by atoms with van der Waals surface area (Å²) >= 11 is 1.42. The Morgan fingerprint density at radius 3 is 3.11 bits per heavy atom. The van der Waals surface area contributed by atoms with Crippen LogP contribution in [0.3, 0.4) is 0 Å². The van der Waals surface area contributed by atoms with Crippen molar-refractivity contribution in [3.63, 3.8) is 0 Å². The minimum Gasteiger partial charge on any atom is -0.396 e. The molecular weight excluding hydrogens is 260 g/mol. The number of thiophene rings is 1. The van der Waals surface area contributed by atoms with E-state index in [0.717, 1.165) is 29.7 Å². The molecule has 100 valence electrons. The van der Waals surface area contributed by atoms with Crippen LogP contribution >= 0.6 is 11.3 Å². The highest BCUT2D eigenvalue weighted by molar-refractivity contribution is 7.21. The zero-order valence-electron chi connectivity index (χ0n) is 10.5. The van der Waals surface area contributed by atoms with Crippen LogP contribution in [0.4, 0.5) is 5.69 Å². The Labute approximate surface area is 115 Å². The summed E-state index contributed by atoms with van der Waals surface area (Å²) in [5.41, 5.74) is 12.9. The van der Waals surface area contributed by atoms with E-state index < -0.39 is 0 Å². The van der Waals surface area contributed by atoms with Crippen molar-refractivity contribution in [3.8, 4) is 0 Å². The van der Waals surface area contributed by atoms with Gasteiger partial charge in [-0.25, -0.2) is 0 Å². The molecule has 2 aromatic rings. The van der Waals surface area contributed by atoms with Crippen molar-refractivity contribution in [2.75, 3.05) is 25.4 Å². The molecule has 3 heterocycles. The number of pyridine rings is 1. The summed E-state index contributed by atoms with van der Waals surface area (Å²) in [6.07, 6.45) is 2.67. The molecule has 1 aliphatic rings. The van der Waals surface area contributed by atoms with Crippen LogP contribution in [0.5, 0.6) is 0 Å². The minimum absolute atomic E-state index is 0.0106. The van der Waals surface area contributed by atoms with Crippen LogP contribution in [0.15, 0.2) is 18.3 Å². The maximum Gasteiger partial charge on any atom is 0.266 e. The second-order valence-electron chi connectivity index (χ2n) is 4.84. The summed E-state index contributed by atoms with van der Waals surface area (Å²) in [6.45, 7) is 2.13. The summed E-state index contributed by atoms with van der Waals surface area (Å²) < 4.78 is 0.956. The normalized spacial score (nSPS) is 19.2. The largest absolute Gasteiger partial charge is 0.396 e. The average Bonchev–Trinajstić information content (AvgIpc) is 3.04. The second-order valence-corrected chi connectivity index (χ2v) is 5.89. The molecule has 0 radical (unpaired) electrons. The second kappa shape index (κ2) is 4.79. The lowest BCUT2D eigenvalue weighted by molar-refractivity contribution is 0.0793. The van der Waals surface area contributed by atoms with Gasteiger partial charge in [-0.2, -0.15) is 0 Å². The van der Waals surface area contributed by atoms with Gasteiger partial charge in [-0.3, -0.25) is 9.78 Å². The van der Waals surface area contributed by atoms with E-state index >= 15 is 0 Å². The summed E-state index contributed by atoms with van der Waals surface area (Å²) in [5.74, 6) is 0.425. The molecule has 1 unspecified atom stereocenters. The minimum atomic E-state index is 0.0106. The number of nitrogen functional groups attached to an aromatic ring is 1.